The van der Waals surface area contributed by atoms with Crippen LogP contribution in [0.3, 0.4) is 0 Å². The summed E-state index contributed by atoms with van der Waals surface area (Å²) in [4.78, 5) is 11.7. The Morgan fingerprint density at radius 2 is 1.88 bits per heavy atom. The van der Waals surface area contributed by atoms with Gasteiger partial charge >= 0.3 is 0 Å². The molecule has 7 nitrogen and oxygen atoms in total. The Balaban J connectivity index is 2.09. The van der Waals surface area contributed by atoms with Gasteiger partial charge in [-0.25, -0.2) is 0 Å². The van der Waals surface area contributed by atoms with E-state index in [9.17, 15) is 10.1 Å². The molecule has 0 aliphatic heterocycles. The lowest BCUT2D eigenvalue weighted by atomic mass is 10.2. The van der Waals surface area contributed by atoms with Gasteiger partial charge in [-0.05, 0) is 52.5 Å². The van der Waals surface area contributed by atoms with Crippen LogP contribution in [0.15, 0.2) is 50.2 Å². The normalized spacial score (nSPS) is 10.7. The van der Waals surface area contributed by atoms with E-state index < -0.39 is 4.92 Å². The predicted molar refractivity (Wildman–Crippen MR) is 97.9 cm³/mol. The highest BCUT2D eigenvalue weighted by atomic mass is 79.9. The maximum absolute atomic E-state index is 11.3. The summed E-state index contributed by atoms with van der Waals surface area (Å²) in [5, 5.41) is 19.3. The van der Waals surface area contributed by atoms with E-state index in [0.29, 0.717) is 11.3 Å². The number of methoxy groups -OCH3 is 1. The molecule has 3 rings (SSSR count). The summed E-state index contributed by atoms with van der Waals surface area (Å²) in [6, 6.07) is 10.1. The summed E-state index contributed by atoms with van der Waals surface area (Å²) in [5.41, 5.74) is 0.842. The lowest BCUT2D eigenvalue weighted by Crippen LogP contribution is -1.92. The van der Waals surface area contributed by atoms with Crippen molar-refractivity contribution in [1.29, 1.82) is 0 Å². The number of nitro benzene ring substituents is 1. The minimum atomic E-state index is -0.467. The van der Waals surface area contributed by atoms with Crippen molar-refractivity contribution in [3.8, 4) is 28.7 Å². The van der Waals surface area contributed by atoms with E-state index in [1.807, 2.05) is 6.26 Å². The lowest BCUT2D eigenvalue weighted by Gasteiger charge is -2.03. The smallest absolute Gasteiger partial charge is 0.282 e. The molecule has 25 heavy (non-hydrogen) atoms. The molecule has 0 saturated carbocycles. The molecule has 0 radical (unpaired) electrons. The van der Waals surface area contributed by atoms with Gasteiger partial charge in [0.1, 0.15) is 11.3 Å². The van der Waals surface area contributed by atoms with Crippen LogP contribution in [0.5, 0.6) is 5.75 Å². The van der Waals surface area contributed by atoms with Crippen molar-refractivity contribution in [2.24, 2.45) is 0 Å². The molecule has 0 bridgehead atoms. The number of rotatable bonds is 5. The van der Waals surface area contributed by atoms with Crippen molar-refractivity contribution < 1.29 is 14.1 Å². The molecule has 0 N–H and O–H groups in total. The van der Waals surface area contributed by atoms with E-state index in [-0.39, 0.29) is 23.0 Å². The molecule has 3 aromatic rings. The molecule has 0 aliphatic carbocycles. The molecule has 0 saturated heterocycles. The topological polar surface area (TPSA) is 91.3 Å². The Bertz CT molecular complexity index is 945. The Labute approximate surface area is 155 Å². The third kappa shape index (κ3) is 3.52. The summed E-state index contributed by atoms with van der Waals surface area (Å²) in [5.74, 6) is 0.963. The molecule has 128 valence electrons. The Morgan fingerprint density at radius 1 is 1.16 bits per heavy atom. The van der Waals surface area contributed by atoms with E-state index in [1.165, 1.54) is 17.8 Å². The summed E-state index contributed by atoms with van der Waals surface area (Å²) in [6.45, 7) is 0. The van der Waals surface area contributed by atoms with Gasteiger partial charge in [-0.3, -0.25) is 10.1 Å². The number of hydrogen-bond donors (Lipinski definition) is 0. The van der Waals surface area contributed by atoms with Gasteiger partial charge in [0.15, 0.2) is 0 Å². The fourth-order valence-electron chi connectivity index (χ4n) is 2.21. The number of benzene rings is 2. The summed E-state index contributed by atoms with van der Waals surface area (Å²) in [7, 11) is 1.56. The van der Waals surface area contributed by atoms with E-state index >= 15 is 0 Å². The van der Waals surface area contributed by atoms with Gasteiger partial charge in [0.2, 0.25) is 5.89 Å². The minimum Gasteiger partial charge on any atom is -0.497 e. The molecule has 0 unspecified atom stereocenters. The first kappa shape index (κ1) is 17.4. The largest absolute Gasteiger partial charge is 0.497 e. The van der Waals surface area contributed by atoms with Gasteiger partial charge < -0.3 is 9.15 Å². The highest BCUT2D eigenvalue weighted by molar-refractivity contribution is 9.10. The van der Waals surface area contributed by atoms with Crippen molar-refractivity contribution in [2.45, 2.75) is 4.90 Å². The predicted octanol–water partition coefficient (Wildman–Crippen LogP) is 4.80. The lowest BCUT2D eigenvalue weighted by molar-refractivity contribution is -0.384. The van der Waals surface area contributed by atoms with E-state index in [2.05, 4.69) is 26.1 Å². The molecule has 1 aromatic heterocycles. The maximum atomic E-state index is 11.3. The first-order valence-corrected chi connectivity index (χ1v) is 9.05. The molecule has 0 atom stereocenters. The van der Waals surface area contributed by atoms with Crippen molar-refractivity contribution in [2.75, 3.05) is 13.4 Å². The van der Waals surface area contributed by atoms with Gasteiger partial charge in [0, 0.05) is 15.4 Å². The molecule has 0 fully saturated rings. The van der Waals surface area contributed by atoms with Crippen LogP contribution in [0, 0.1) is 10.1 Å². The van der Waals surface area contributed by atoms with Crippen LogP contribution >= 0.6 is 27.7 Å². The van der Waals surface area contributed by atoms with Crippen LogP contribution in [-0.2, 0) is 0 Å². The molecular formula is C16H12BrN3O4S. The Morgan fingerprint density at radius 3 is 2.52 bits per heavy atom. The van der Waals surface area contributed by atoms with Gasteiger partial charge in [-0.15, -0.1) is 22.0 Å². The fourth-order valence-corrected chi connectivity index (χ4v) is 3.06. The van der Waals surface area contributed by atoms with E-state index in [0.717, 1.165) is 9.37 Å². The second kappa shape index (κ2) is 7.24. The van der Waals surface area contributed by atoms with Crippen LogP contribution in [0.4, 0.5) is 5.69 Å². The number of ether oxygens (including phenoxy) is 1. The highest BCUT2D eigenvalue weighted by Crippen LogP contribution is 2.36. The number of hydrogen-bond acceptors (Lipinski definition) is 7. The third-order valence-corrected chi connectivity index (χ3v) is 4.88. The molecule has 0 aliphatic rings. The number of thioether (sulfide) groups is 1. The monoisotopic (exact) mass is 421 g/mol. The average Bonchev–Trinajstić information content (AvgIpc) is 3.11. The molecular weight excluding hydrogens is 410 g/mol. The summed E-state index contributed by atoms with van der Waals surface area (Å²) in [6.07, 6.45) is 1.89. The third-order valence-electron chi connectivity index (χ3n) is 3.46. The zero-order chi connectivity index (χ0) is 18.0. The summed E-state index contributed by atoms with van der Waals surface area (Å²) < 4.78 is 11.7. The van der Waals surface area contributed by atoms with Gasteiger partial charge in [-0.2, -0.15) is 0 Å². The molecule has 1 heterocycles. The second-order valence-electron chi connectivity index (χ2n) is 4.90. The number of nitro groups is 1. The Hall–Kier alpha value is -2.39. The van der Waals surface area contributed by atoms with E-state index in [1.54, 1.807) is 37.4 Å². The highest BCUT2D eigenvalue weighted by Gasteiger charge is 2.22. The molecule has 0 amide bonds. The average molecular weight is 422 g/mol. The van der Waals surface area contributed by atoms with Crippen molar-refractivity contribution in [3.63, 3.8) is 0 Å². The molecule has 2 aromatic carbocycles. The molecule has 9 heteroatoms. The fraction of sp³-hybridized carbons (Fsp3) is 0.125. The quantitative estimate of drug-likeness (QED) is 0.331. The van der Waals surface area contributed by atoms with Crippen LogP contribution in [0.2, 0.25) is 0 Å². The number of aromatic nitrogens is 2. The minimum absolute atomic E-state index is 0.0855. The van der Waals surface area contributed by atoms with Crippen LogP contribution in [0.1, 0.15) is 0 Å². The van der Waals surface area contributed by atoms with Crippen molar-refractivity contribution >= 4 is 33.4 Å². The zero-order valence-electron chi connectivity index (χ0n) is 13.2. The van der Waals surface area contributed by atoms with Gasteiger partial charge in [-0.1, -0.05) is 0 Å². The van der Waals surface area contributed by atoms with Crippen molar-refractivity contribution in [1.82, 2.24) is 10.2 Å². The number of halogens is 1. The van der Waals surface area contributed by atoms with Gasteiger partial charge in [0.25, 0.3) is 11.6 Å². The maximum Gasteiger partial charge on any atom is 0.282 e. The van der Waals surface area contributed by atoms with E-state index in [4.69, 9.17) is 9.15 Å². The molecule has 0 spiro atoms. The summed E-state index contributed by atoms with van der Waals surface area (Å²) >= 11 is 4.90. The van der Waals surface area contributed by atoms with Crippen molar-refractivity contribution in [3.05, 3.63) is 51.0 Å². The zero-order valence-corrected chi connectivity index (χ0v) is 15.6. The first-order valence-electron chi connectivity index (χ1n) is 7.03. The SMILES string of the molecule is COc1ccc(Br)c(-c2nnc(-c3cc(SC)ccc3[N+](=O)[O-])o2)c1. The second-order valence-corrected chi connectivity index (χ2v) is 6.63. The van der Waals surface area contributed by atoms with Crippen LogP contribution < -0.4 is 4.74 Å². The van der Waals surface area contributed by atoms with Gasteiger partial charge in [0.05, 0.1) is 17.6 Å². The standard InChI is InChI=1S/C16H12BrN3O4S/c1-23-9-3-5-13(17)11(7-9)15-18-19-16(24-15)12-8-10(25-2)4-6-14(12)20(21)22/h3-8H,1-2H3. The van der Waals surface area contributed by atoms with Crippen LogP contribution in [0.25, 0.3) is 22.9 Å². The Kier molecular flexibility index (Phi) is 5.05. The number of nitrogens with zero attached hydrogens (tertiary/aromatic N) is 3. The first-order chi connectivity index (χ1) is 12.0. The van der Waals surface area contributed by atoms with Crippen LogP contribution in [-0.4, -0.2) is 28.5 Å².